The molecule has 1 aromatic carbocycles. The lowest BCUT2D eigenvalue weighted by Gasteiger charge is -2.35. The SMILES string of the molecule is O=C(c1ccc(OC(F)F)cc1)N1CCN(C(=O)[C@H]2CCS(=O)(=O)C2)CC1. The minimum absolute atomic E-state index is 0.0246. The molecule has 0 N–H and O–H groups in total. The van der Waals surface area contributed by atoms with Gasteiger partial charge in [0.2, 0.25) is 5.91 Å². The van der Waals surface area contributed by atoms with Crippen LogP contribution in [0, 0.1) is 5.92 Å². The van der Waals surface area contributed by atoms with Gasteiger partial charge in [0.05, 0.1) is 17.4 Å². The summed E-state index contributed by atoms with van der Waals surface area (Å²) >= 11 is 0. The number of rotatable bonds is 4. The second-order valence-electron chi connectivity index (χ2n) is 6.62. The van der Waals surface area contributed by atoms with Crippen LogP contribution < -0.4 is 4.74 Å². The van der Waals surface area contributed by atoms with E-state index in [4.69, 9.17) is 0 Å². The first-order valence-corrected chi connectivity index (χ1v) is 10.4. The Kier molecular flexibility index (Phi) is 5.64. The number of hydrogen-bond acceptors (Lipinski definition) is 5. The highest BCUT2D eigenvalue weighted by atomic mass is 32.2. The molecule has 27 heavy (non-hydrogen) atoms. The van der Waals surface area contributed by atoms with Crippen LogP contribution in [0.2, 0.25) is 0 Å². The van der Waals surface area contributed by atoms with Gasteiger partial charge in [-0.3, -0.25) is 9.59 Å². The quantitative estimate of drug-likeness (QED) is 0.751. The molecule has 2 amide bonds. The lowest BCUT2D eigenvalue weighted by Crippen LogP contribution is -2.52. The molecule has 0 spiro atoms. The molecule has 0 aromatic heterocycles. The predicted octanol–water partition coefficient (Wildman–Crippen LogP) is 1.01. The van der Waals surface area contributed by atoms with Crippen LogP contribution in [0.4, 0.5) is 8.78 Å². The zero-order chi connectivity index (χ0) is 19.6. The van der Waals surface area contributed by atoms with Gasteiger partial charge in [0.25, 0.3) is 5.91 Å². The fourth-order valence-corrected chi connectivity index (χ4v) is 5.07. The molecule has 0 aliphatic carbocycles. The molecule has 10 heteroatoms. The standard InChI is InChI=1S/C17H20F2N2O5S/c18-17(19)26-14-3-1-12(2-4-14)15(22)20-6-8-21(9-7-20)16(23)13-5-10-27(24,25)11-13/h1-4,13,17H,5-11H2/t13-/m0/s1. The summed E-state index contributed by atoms with van der Waals surface area (Å²) in [6, 6.07) is 5.45. The van der Waals surface area contributed by atoms with Crippen LogP contribution in [0.5, 0.6) is 5.75 Å². The molecule has 7 nitrogen and oxygen atoms in total. The van der Waals surface area contributed by atoms with Crippen molar-refractivity contribution >= 4 is 21.7 Å². The van der Waals surface area contributed by atoms with Gasteiger partial charge in [-0.25, -0.2) is 8.42 Å². The third-order valence-corrected chi connectivity index (χ3v) is 6.55. The maximum absolute atomic E-state index is 12.5. The lowest BCUT2D eigenvalue weighted by atomic mass is 10.1. The van der Waals surface area contributed by atoms with Crippen molar-refractivity contribution in [1.82, 2.24) is 9.80 Å². The van der Waals surface area contributed by atoms with E-state index in [9.17, 15) is 26.8 Å². The van der Waals surface area contributed by atoms with Crippen LogP contribution in [0.15, 0.2) is 24.3 Å². The van der Waals surface area contributed by atoms with Gasteiger partial charge in [-0.05, 0) is 30.7 Å². The number of benzene rings is 1. The highest BCUT2D eigenvalue weighted by Crippen LogP contribution is 2.22. The molecule has 2 saturated heterocycles. The van der Waals surface area contributed by atoms with Gasteiger partial charge in [0, 0.05) is 31.7 Å². The molecular formula is C17H20F2N2O5S. The summed E-state index contributed by atoms with van der Waals surface area (Å²) in [6.45, 7) is -1.58. The fourth-order valence-electron chi connectivity index (χ4n) is 3.34. The van der Waals surface area contributed by atoms with Gasteiger partial charge in [-0.2, -0.15) is 8.78 Å². The number of piperazine rings is 1. The van der Waals surface area contributed by atoms with Gasteiger partial charge in [0.1, 0.15) is 5.75 Å². The second-order valence-corrected chi connectivity index (χ2v) is 8.85. The third-order valence-electron chi connectivity index (χ3n) is 4.79. The average Bonchev–Trinajstić information content (AvgIpc) is 3.01. The van der Waals surface area contributed by atoms with Crippen molar-refractivity contribution in [3.63, 3.8) is 0 Å². The fraction of sp³-hybridized carbons (Fsp3) is 0.529. The summed E-state index contributed by atoms with van der Waals surface area (Å²) in [5.74, 6) is -0.987. The molecule has 0 bridgehead atoms. The monoisotopic (exact) mass is 402 g/mol. The summed E-state index contributed by atoms with van der Waals surface area (Å²) in [5.41, 5.74) is 0.346. The number of carbonyl (C=O) groups excluding carboxylic acids is 2. The maximum atomic E-state index is 12.5. The first-order valence-electron chi connectivity index (χ1n) is 8.58. The molecule has 2 fully saturated rings. The van der Waals surface area contributed by atoms with Gasteiger partial charge in [-0.15, -0.1) is 0 Å². The minimum atomic E-state index is -3.12. The predicted molar refractivity (Wildman–Crippen MR) is 92.3 cm³/mol. The Morgan fingerprint density at radius 1 is 1.04 bits per heavy atom. The summed E-state index contributed by atoms with van der Waals surface area (Å²) in [6.07, 6.45) is 0.355. The van der Waals surface area contributed by atoms with Gasteiger partial charge < -0.3 is 14.5 Å². The van der Waals surface area contributed by atoms with Gasteiger partial charge in [-0.1, -0.05) is 0 Å². The van der Waals surface area contributed by atoms with Crippen molar-refractivity contribution in [3.05, 3.63) is 29.8 Å². The first kappa shape index (κ1) is 19.5. The van der Waals surface area contributed by atoms with E-state index in [1.807, 2.05) is 0 Å². The van der Waals surface area contributed by atoms with Gasteiger partial charge in [0.15, 0.2) is 9.84 Å². The van der Waals surface area contributed by atoms with Crippen molar-refractivity contribution in [2.24, 2.45) is 5.92 Å². The van der Waals surface area contributed by atoms with Crippen LogP contribution in [-0.2, 0) is 14.6 Å². The van der Waals surface area contributed by atoms with Crippen LogP contribution in [0.3, 0.4) is 0 Å². The van der Waals surface area contributed by atoms with E-state index in [0.29, 0.717) is 38.2 Å². The third kappa shape index (κ3) is 4.74. The average molecular weight is 402 g/mol. The largest absolute Gasteiger partial charge is 0.435 e. The van der Waals surface area contributed by atoms with E-state index in [2.05, 4.69) is 4.74 Å². The number of ether oxygens (including phenoxy) is 1. The van der Waals surface area contributed by atoms with Crippen molar-refractivity contribution in [2.75, 3.05) is 37.7 Å². The zero-order valence-electron chi connectivity index (χ0n) is 14.5. The highest BCUT2D eigenvalue weighted by Gasteiger charge is 2.36. The van der Waals surface area contributed by atoms with Crippen molar-refractivity contribution in [2.45, 2.75) is 13.0 Å². The van der Waals surface area contributed by atoms with Crippen molar-refractivity contribution < 1.29 is 31.5 Å². The maximum Gasteiger partial charge on any atom is 0.387 e. The Bertz CT molecular complexity index is 805. The second kappa shape index (κ2) is 7.79. The van der Waals surface area contributed by atoms with Crippen molar-refractivity contribution in [1.29, 1.82) is 0 Å². The number of hydrogen-bond donors (Lipinski definition) is 0. The molecule has 148 valence electrons. The Labute approximate surface area is 155 Å². The summed E-state index contributed by atoms with van der Waals surface area (Å²) in [4.78, 5) is 28.1. The molecule has 2 heterocycles. The van der Waals surface area contributed by atoms with E-state index < -0.39 is 22.4 Å². The topological polar surface area (TPSA) is 84.0 Å². The lowest BCUT2D eigenvalue weighted by molar-refractivity contribution is -0.136. The first-order chi connectivity index (χ1) is 12.7. The smallest absolute Gasteiger partial charge is 0.387 e. The zero-order valence-corrected chi connectivity index (χ0v) is 15.3. The molecule has 0 saturated carbocycles. The summed E-state index contributed by atoms with van der Waals surface area (Å²) in [5, 5.41) is 0. The van der Waals surface area contributed by atoms with Gasteiger partial charge >= 0.3 is 6.61 Å². The molecular weight excluding hydrogens is 382 g/mol. The molecule has 0 unspecified atom stereocenters. The molecule has 1 atom stereocenters. The van der Waals surface area contributed by atoms with E-state index in [0.717, 1.165) is 0 Å². The Morgan fingerprint density at radius 2 is 1.63 bits per heavy atom. The molecule has 3 rings (SSSR count). The van der Waals surface area contributed by atoms with E-state index in [1.54, 1.807) is 9.80 Å². The summed E-state index contributed by atoms with van der Waals surface area (Å²) in [7, 11) is -3.12. The van der Waals surface area contributed by atoms with Crippen molar-refractivity contribution in [3.8, 4) is 5.75 Å². The number of halogens is 2. The van der Waals surface area contributed by atoms with E-state index >= 15 is 0 Å². The van der Waals surface area contributed by atoms with E-state index in [1.165, 1.54) is 24.3 Å². The highest BCUT2D eigenvalue weighted by molar-refractivity contribution is 7.91. The normalized spacial score (nSPS) is 22.1. The molecule has 0 radical (unpaired) electrons. The van der Waals surface area contributed by atoms with Crippen LogP contribution in [-0.4, -0.2) is 74.3 Å². The number of amides is 2. The Balaban J connectivity index is 1.54. The molecule has 1 aromatic rings. The van der Waals surface area contributed by atoms with Crippen LogP contribution >= 0.6 is 0 Å². The Morgan fingerprint density at radius 3 is 2.15 bits per heavy atom. The minimum Gasteiger partial charge on any atom is -0.435 e. The number of sulfone groups is 1. The van der Waals surface area contributed by atoms with Crippen LogP contribution in [0.25, 0.3) is 0 Å². The molecule has 2 aliphatic heterocycles. The number of nitrogens with zero attached hydrogens (tertiary/aromatic N) is 2. The van der Waals surface area contributed by atoms with Crippen LogP contribution in [0.1, 0.15) is 16.8 Å². The summed E-state index contributed by atoms with van der Waals surface area (Å²) < 4.78 is 51.7. The molecule has 2 aliphatic rings. The number of alkyl halides is 2. The van der Waals surface area contributed by atoms with E-state index in [-0.39, 0.29) is 29.1 Å². The Hall–Kier alpha value is -2.23. The number of carbonyl (C=O) groups is 2.